The van der Waals surface area contributed by atoms with Gasteiger partial charge < -0.3 is 9.73 Å². The Morgan fingerprint density at radius 3 is 2.94 bits per heavy atom. The van der Waals surface area contributed by atoms with E-state index in [0.29, 0.717) is 5.92 Å². The van der Waals surface area contributed by atoms with Gasteiger partial charge in [-0.15, -0.1) is 0 Å². The van der Waals surface area contributed by atoms with E-state index in [4.69, 9.17) is 4.42 Å². The van der Waals surface area contributed by atoms with E-state index in [1.807, 2.05) is 6.07 Å². The van der Waals surface area contributed by atoms with Crippen LogP contribution in [-0.2, 0) is 0 Å². The molecule has 1 aliphatic carbocycles. The maximum absolute atomic E-state index is 5.08. The van der Waals surface area contributed by atoms with E-state index < -0.39 is 0 Å². The van der Waals surface area contributed by atoms with Gasteiger partial charge in [0.15, 0.2) is 5.82 Å². The van der Waals surface area contributed by atoms with E-state index in [-0.39, 0.29) is 0 Å². The van der Waals surface area contributed by atoms with Crippen molar-refractivity contribution >= 4 is 5.82 Å². The summed E-state index contributed by atoms with van der Waals surface area (Å²) in [7, 11) is 0. The van der Waals surface area contributed by atoms with Crippen LogP contribution >= 0.6 is 0 Å². The fourth-order valence-corrected chi connectivity index (χ4v) is 1.85. The Balaban J connectivity index is 2.01. The van der Waals surface area contributed by atoms with Crippen LogP contribution in [0.1, 0.15) is 31.4 Å². The molecule has 0 aromatic carbocycles. The normalized spacial score (nSPS) is 14.9. The lowest BCUT2D eigenvalue weighted by atomic mass is 10.2. The Hall–Kier alpha value is -1.84. The Morgan fingerprint density at radius 1 is 1.41 bits per heavy atom. The third-order valence-electron chi connectivity index (χ3n) is 2.88. The van der Waals surface area contributed by atoms with Crippen molar-refractivity contribution in [3.8, 4) is 11.4 Å². The number of hydrogen-bond acceptors (Lipinski definition) is 4. The minimum atomic E-state index is 0.626. The first-order valence-electron chi connectivity index (χ1n) is 6.02. The molecule has 2 heterocycles. The van der Waals surface area contributed by atoms with Crippen LogP contribution in [0.5, 0.6) is 0 Å². The highest BCUT2D eigenvalue weighted by Crippen LogP contribution is 2.40. The lowest BCUT2D eigenvalue weighted by molar-refractivity contribution is 0.568. The zero-order valence-corrected chi connectivity index (χ0v) is 9.81. The molecule has 2 aromatic rings. The van der Waals surface area contributed by atoms with Gasteiger partial charge in [-0.25, -0.2) is 9.97 Å². The van der Waals surface area contributed by atoms with Gasteiger partial charge in [-0.2, -0.15) is 0 Å². The van der Waals surface area contributed by atoms with E-state index in [2.05, 4.69) is 28.3 Å². The summed E-state index contributed by atoms with van der Waals surface area (Å²) >= 11 is 0. The Kier molecular flexibility index (Phi) is 2.55. The molecule has 2 aromatic heterocycles. The SMILES string of the molecule is CCNc1cc(C2CC2)nc(-c2ccoc2)n1. The average molecular weight is 229 g/mol. The van der Waals surface area contributed by atoms with Crippen molar-refractivity contribution in [1.82, 2.24) is 9.97 Å². The summed E-state index contributed by atoms with van der Waals surface area (Å²) in [6, 6.07) is 3.95. The summed E-state index contributed by atoms with van der Waals surface area (Å²) in [5.74, 6) is 2.28. The van der Waals surface area contributed by atoms with Crippen molar-refractivity contribution in [2.45, 2.75) is 25.7 Å². The summed E-state index contributed by atoms with van der Waals surface area (Å²) in [5.41, 5.74) is 2.08. The predicted molar refractivity (Wildman–Crippen MR) is 65.9 cm³/mol. The first kappa shape index (κ1) is 10.3. The van der Waals surface area contributed by atoms with Crippen LogP contribution in [0.4, 0.5) is 5.82 Å². The molecule has 0 bridgehead atoms. The number of nitrogens with zero attached hydrogens (tertiary/aromatic N) is 2. The third kappa shape index (κ3) is 2.16. The van der Waals surface area contributed by atoms with Gasteiger partial charge in [0, 0.05) is 24.2 Å². The van der Waals surface area contributed by atoms with E-state index in [0.717, 1.165) is 29.4 Å². The maximum Gasteiger partial charge on any atom is 0.165 e. The fraction of sp³-hybridized carbons (Fsp3) is 0.385. The van der Waals surface area contributed by atoms with Gasteiger partial charge in [0.05, 0.1) is 11.8 Å². The van der Waals surface area contributed by atoms with Gasteiger partial charge in [-0.05, 0) is 25.8 Å². The molecule has 1 N–H and O–H groups in total. The molecule has 4 heteroatoms. The predicted octanol–water partition coefficient (Wildman–Crippen LogP) is 3.05. The van der Waals surface area contributed by atoms with Gasteiger partial charge in [0.25, 0.3) is 0 Å². The van der Waals surface area contributed by atoms with Gasteiger partial charge in [0.2, 0.25) is 0 Å². The second-order valence-electron chi connectivity index (χ2n) is 4.32. The topological polar surface area (TPSA) is 51.0 Å². The number of hydrogen-bond donors (Lipinski definition) is 1. The van der Waals surface area contributed by atoms with Crippen LogP contribution in [-0.4, -0.2) is 16.5 Å². The molecule has 0 spiro atoms. The zero-order chi connectivity index (χ0) is 11.7. The number of nitrogens with one attached hydrogen (secondary N) is 1. The number of furan rings is 1. The number of aromatic nitrogens is 2. The van der Waals surface area contributed by atoms with Crippen molar-refractivity contribution in [3.05, 3.63) is 30.4 Å². The van der Waals surface area contributed by atoms with Gasteiger partial charge in [-0.1, -0.05) is 0 Å². The lowest BCUT2D eigenvalue weighted by Crippen LogP contribution is -2.03. The molecule has 0 atom stereocenters. The highest BCUT2D eigenvalue weighted by molar-refractivity contribution is 5.56. The highest BCUT2D eigenvalue weighted by atomic mass is 16.3. The van der Waals surface area contributed by atoms with Crippen LogP contribution < -0.4 is 5.32 Å². The van der Waals surface area contributed by atoms with Crippen molar-refractivity contribution in [3.63, 3.8) is 0 Å². The monoisotopic (exact) mass is 229 g/mol. The third-order valence-corrected chi connectivity index (χ3v) is 2.88. The summed E-state index contributed by atoms with van der Waals surface area (Å²) in [4.78, 5) is 9.10. The van der Waals surface area contributed by atoms with E-state index >= 15 is 0 Å². The minimum absolute atomic E-state index is 0.626. The van der Waals surface area contributed by atoms with Crippen LogP contribution in [0.15, 0.2) is 29.1 Å². The molecule has 0 amide bonds. The van der Waals surface area contributed by atoms with Crippen LogP contribution in [0.3, 0.4) is 0 Å². The molecule has 17 heavy (non-hydrogen) atoms. The molecule has 88 valence electrons. The largest absolute Gasteiger partial charge is 0.472 e. The molecule has 3 rings (SSSR count). The second-order valence-corrected chi connectivity index (χ2v) is 4.32. The van der Waals surface area contributed by atoms with Crippen molar-refractivity contribution in [1.29, 1.82) is 0 Å². The number of anilines is 1. The van der Waals surface area contributed by atoms with Crippen LogP contribution in [0, 0.1) is 0 Å². The lowest BCUT2D eigenvalue weighted by Gasteiger charge is -2.07. The maximum atomic E-state index is 5.08. The molecule has 0 unspecified atom stereocenters. The summed E-state index contributed by atoms with van der Waals surface area (Å²) in [6.07, 6.45) is 5.82. The van der Waals surface area contributed by atoms with Crippen LogP contribution in [0.25, 0.3) is 11.4 Å². The summed E-state index contributed by atoms with van der Waals surface area (Å²) < 4.78 is 5.08. The Bertz CT molecular complexity index is 503. The molecular weight excluding hydrogens is 214 g/mol. The van der Waals surface area contributed by atoms with E-state index in [1.54, 1.807) is 12.5 Å². The molecule has 1 saturated carbocycles. The second kappa shape index (κ2) is 4.20. The van der Waals surface area contributed by atoms with Crippen molar-refractivity contribution in [2.75, 3.05) is 11.9 Å². The molecule has 1 fully saturated rings. The smallest absolute Gasteiger partial charge is 0.165 e. The van der Waals surface area contributed by atoms with Crippen molar-refractivity contribution < 1.29 is 4.42 Å². The van der Waals surface area contributed by atoms with Crippen molar-refractivity contribution in [2.24, 2.45) is 0 Å². The Morgan fingerprint density at radius 2 is 2.29 bits per heavy atom. The molecular formula is C13H15N3O. The first-order chi connectivity index (χ1) is 8.36. The molecule has 0 saturated heterocycles. The molecule has 4 nitrogen and oxygen atoms in total. The fourth-order valence-electron chi connectivity index (χ4n) is 1.85. The van der Waals surface area contributed by atoms with Gasteiger partial charge in [-0.3, -0.25) is 0 Å². The standard InChI is InChI=1S/C13H15N3O/c1-2-14-12-7-11(9-3-4-9)15-13(16-12)10-5-6-17-8-10/h5-9H,2-4H2,1H3,(H,14,15,16). The molecule has 0 radical (unpaired) electrons. The average Bonchev–Trinajstić information content (AvgIpc) is 3.05. The van der Waals surface area contributed by atoms with Gasteiger partial charge in [0.1, 0.15) is 12.1 Å². The molecule has 0 aliphatic heterocycles. The quantitative estimate of drug-likeness (QED) is 0.875. The van der Waals surface area contributed by atoms with Gasteiger partial charge >= 0.3 is 0 Å². The van der Waals surface area contributed by atoms with E-state index in [1.165, 1.54) is 12.8 Å². The molecule has 1 aliphatic rings. The van der Waals surface area contributed by atoms with Crippen LogP contribution in [0.2, 0.25) is 0 Å². The van der Waals surface area contributed by atoms with E-state index in [9.17, 15) is 0 Å². The minimum Gasteiger partial charge on any atom is -0.472 e. The summed E-state index contributed by atoms with van der Waals surface area (Å²) in [6.45, 7) is 2.93. The zero-order valence-electron chi connectivity index (χ0n) is 9.81. The number of rotatable bonds is 4. The highest BCUT2D eigenvalue weighted by Gasteiger charge is 2.26. The first-order valence-corrected chi connectivity index (χ1v) is 6.02. The summed E-state index contributed by atoms with van der Waals surface area (Å²) in [5, 5.41) is 3.25. The Labute approximate surface area is 100 Å².